The van der Waals surface area contributed by atoms with Gasteiger partial charge in [0, 0.05) is 18.7 Å². The average Bonchev–Trinajstić information content (AvgIpc) is 2.87. The Morgan fingerprint density at radius 3 is 2.47 bits per heavy atom. The summed E-state index contributed by atoms with van der Waals surface area (Å²) in [7, 11) is 0. The first-order valence-corrected chi connectivity index (χ1v) is 6.89. The molecule has 1 aromatic rings. The summed E-state index contributed by atoms with van der Waals surface area (Å²) < 4.78 is 24.8. The number of benzene rings is 1. The van der Waals surface area contributed by atoms with Gasteiger partial charge in [-0.3, -0.25) is 0 Å². The number of nitrogens with one attached hydrogen (secondary N) is 1. The second kappa shape index (κ2) is 6.96. The Bertz CT molecular complexity index is 380. The monoisotopic (exact) mass is 269 g/mol. The maximum absolute atomic E-state index is 12.4. The first-order valence-electron chi connectivity index (χ1n) is 6.89. The minimum Gasteiger partial charge on any atom is -0.396 e. The van der Waals surface area contributed by atoms with Crippen LogP contribution in [-0.4, -0.2) is 18.3 Å². The highest BCUT2D eigenvalue weighted by molar-refractivity contribution is 5.23. The second-order valence-electron chi connectivity index (χ2n) is 5.31. The van der Waals surface area contributed by atoms with Crippen LogP contribution < -0.4 is 5.32 Å². The molecule has 0 amide bonds. The molecule has 4 heteroatoms. The van der Waals surface area contributed by atoms with E-state index in [1.165, 1.54) is 25.0 Å². The lowest BCUT2D eigenvalue weighted by atomic mass is 9.97. The molecule has 106 valence electrons. The van der Waals surface area contributed by atoms with Crippen molar-refractivity contribution in [2.75, 3.05) is 13.2 Å². The number of hydrogen-bond donors (Lipinski definition) is 2. The number of alkyl halides is 2. The summed E-state index contributed by atoms with van der Waals surface area (Å²) in [5.74, 6) is 0.971. The lowest BCUT2D eigenvalue weighted by molar-refractivity contribution is 0.151. The zero-order chi connectivity index (χ0) is 13.7. The molecule has 2 rings (SSSR count). The Balaban J connectivity index is 1.76. The lowest BCUT2D eigenvalue weighted by Gasteiger charge is -2.17. The summed E-state index contributed by atoms with van der Waals surface area (Å²) in [6, 6.07) is 6.45. The molecule has 2 unspecified atom stereocenters. The van der Waals surface area contributed by atoms with Gasteiger partial charge in [-0.15, -0.1) is 0 Å². The highest BCUT2D eigenvalue weighted by Gasteiger charge is 2.25. The topological polar surface area (TPSA) is 32.3 Å². The Morgan fingerprint density at radius 1 is 1.16 bits per heavy atom. The molecular formula is C15H21F2NO. The van der Waals surface area contributed by atoms with Gasteiger partial charge in [-0.2, -0.15) is 0 Å². The zero-order valence-corrected chi connectivity index (χ0v) is 11.0. The number of aliphatic hydroxyl groups is 1. The number of rotatable bonds is 6. The summed E-state index contributed by atoms with van der Waals surface area (Å²) in [5.41, 5.74) is 1.09. The van der Waals surface area contributed by atoms with Crippen LogP contribution in [0.4, 0.5) is 8.78 Å². The van der Waals surface area contributed by atoms with Gasteiger partial charge in [-0.1, -0.05) is 30.7 Å². The van der Waals surface area contributed by atoms with Gasteiger partial charge in [0.25, 0.3) is 6.43 Å². The summed E-state index contributed by atoms with van der Waals surface area (Å²) in [5, 5.41) is 12.6. The maximum atomic E-state index is 12.4. The Hall–Kier alpha value is -1.00. The van der Waals surface area contributed by atoms with E-state index in [4.69, 9.17) is 0 Å². The van der Waals surface area contributed by atoms with Gasteiger partial charge in [-0.25, -0.2) is 8.78 Å². The third-order valence-electron chi connectivity index (χ3n) is 4.02. The van der Waals surface area contributed by atoms with Crippen LogP contribution in [0.5, 0.6) is 0 Å². The van der Waals surface area contributed by atoms with E-state index in [1.807, 2.05) is 0 Å². The molecule has 2 atom stereocenters. The van der Waals surface area contributed by atoms with Crippen molar-refractivity contribution in [1.82, 2.24) is 5.32 Å². The van der Waals surface area contributed by atoms with E-state index in [1.54, 1.807) is 12.1 Å². The van der Waals surface area contributed by atoms with Gasteiger partial charge >= 0.3 is 0 Å². The fraction of sp³-hybridized carbons (Fsp3) is 0.600. The van der Waals surface area contributed by atoms with Gasteiger partial charge in [0.15, 0.2) is 0 Å². The number of aliphatic hydroxyl groups excluding tert-OH is 1. The van der Waals surface area contributed by atoms with Crippen molar-refractivity contribution in [2.24, 2.45) is 11.8 Å². The van der Waals surface area contributed by atoms with E-state index in [0.717, 1.165) is 18.5 Å². The minimum atomic E-state index is -2.40. The summed E-state index contributed by atoms with van der Waals surface area (Å²) >= 11 is 0. The molecule has 19 heavy (non-hydrogen) atoms. The Labute approximate surface area is 112 Å². The van der Waals surface area contributed by atoms with Crippen molar-refractivity contribution in [1.29, 1.82) is 0 Å². The normalized spacial score (nSPS) is 23.2. The molecule has 1 saturated carbocycles. The van der Waals surface area contributed by atoms with E-state index >= 15 is 0 Å². The highest BCUT2D eigenvalue weighted by Crippen LogP contribution is 2.30. The number of hydrogen-bond acceptors (Lipinski definition) is 2. The third kappa shape index (κ3) is 3.98. The van der Waals surface area contributed by atoms with Crippen molar-refractivity contribution in [3.8, 4) is 0 Å². The van der Waals surface area contributed by atoms with E-state index in [0.29, 0.717) is 18.4 Å². The van der Waals surface area contributed by atoms with Crippen LogP contribution in [0, 0.1) is 11.8 Å². The van der Waals surface area contributed by atoms with Crippen LogP contribution >= 0.6 is 0 Å². The first kappa shape index (κ1) is 14.4. The molecule has 2 nitrogen and oxygen atoms in total. The molecule has 0 spiro atoms. The van der Waals surface area contributed by atoms with E-state index < -0.39 is 6.43 Å². The van der Waals surface area contributed by atoms with Crippen LogP contribution in [0.25, 0.3) is 0 Å². The SMILES string of the molecule is OCC1CCCC1CNCc1ccc(C(F)F)cc1. The van der Waals surface area contributed by atoms with Gasteiger partial charge in [-0.05, 0) is 36.8 Å². The van der Waals surface area contributed by atoms with Gasteiger partial charge in [0.05, 0.1) is 0 Å². The Morgan fingerprint density at radius 2 is 1.84 bits per heavy atom. The second-order valence-corrected chi connectivity index (χ2v) is 5.31. The quantitative estimate of drug-likeness (QED) is 0.831. The van der Waals surface area contributed by atoms with Crippen LogP contribution in [0.3, 0.4) is 0 Å². The van der Waals surface area contributed by atoms with Crippen LogP contribution in [0.2, 0.25) is 0 Å². The summed E-state index contributed by atoms with van der Waals surface area (Å²) in [4.78, 5) is 0. The van der Waals surface area contributed by atoms with Crippen molar-refractivity contribution in [3.05, 3.63) is 35.4 Å². The minimum absolute atomic E-state index is 0.0693. The first-order chi connectivity index (χ1) is 9.20. The van der Waals surface area contributed by atoms with Crippen molar-refractivity contribution in [2.45, 2.75) is 32.2 Å². The molecule has 1 fully saturated rings. The lowest BCUT2D eigenvalue weighted by Crippen LogP contribution is -2.26. The molecule has 1 aliphatic carbocycles. The molecular weight excluding hydrogens is 248 g/mol. The fourth-order valence-corrected chi connectivity index (χ4v) is 2.81. The van der Waals surface area contributed by atoms with Crippen molar-refractivity contribution in [3.63, 3.8) is 0 Å². The fourth-order valence-electron chi connectivity index (χ4n) is 2.81. The van der Waals surface area contributed by atoms with Crippen molar-refractivity contribution < 1.29 is 13.9 Å². The number of halogens is 2. The smallest absolute Gasteiger partial charge is 0.263 e. The zero-order valence-electron chi connectivity index (χ0n) is 11.0. The molecule has 2 N–H and O–H groups in total. The van der Waals surface area contributed by atoms with Crippen molar-refractivity contribution >= 4 is 0 Å². The van der Waals surface area contributed by atoms with E-state index in [-0.39, 0.29) is 12.2 Å². The predicted octanol–water partition coefficient (Wildman–Crippen LogP) is 3.12. The molecule has 1 aromatic carbocycles. The molecule has 0 heterocycles. The average molecular weight is 269 g/mol. The Kier molecular flexibility index (Phi) is 5.28. The summed E-state index contributed by atoms with van der Waals surface area (Å²) in [6.07, 6.45) is 1.08. The van der Waals surface area contributed by atoms with E-state index in [9.17, 15) is 13.9 Å². The molecule has 0 bridgehead atoms. The van der Waals surface area contributed by atoms with Gasteiger partial charge < -0.3 is 10.4 Å². The van der Waals surface area contributed by atoms with Crippen LogP contribution in [0.15, 0.2) is 24.3 Å². The standard InChI is InChI=1S/C15H21F2NO/c16-15(17)12-6-4-11(5-7-12)8-18-9-13-2-1-3-14(13)10-19/h4-7,13-15,18-19H,1-3,8-10H2. The van der Waals surface area contributed by atoms with E-state index in [2.05, 4.69) is 5.32 Å². The van der Waals surface area contributed by atoms with Gasteiger partial charge in [0.1, 0.15) is 0 Å². The molecule has 0 saturated heterocycles. The van der Waals surface area contributed by atoms with Crippen LogP contribution in [0.1, 0.15) is 36.8 Å². The molecule has 1 aliphatic rings. The maximum Gasteiger partial charge on any atom is 0.263 e. The highest BCUT2D eigenvalue weighted by atomic mass is 19.3. The third-order valence-corrected chi connectivity index (χ3v) is 4.02. The molecule has 0 aliphatic heterocycles. The predicted molar refractivity (Wildman–Crippen MR) is 71.0 cm³/mol. The van der Waals surface area contributed by atoms with Crippen LogP contribution in [-0.2, 0) is 6.54 Å². The van der Waals surface area contributed by atoms with Gasteiger partial charge in [0.2, 0.25) is 0 Å². The molecule has 0 aromatic heterocycles. The largest absolute Gasteiger partial charge is 0.396 e. The molecule has 0 radical (unpaired) electrons. The summed E-state index contributed by atoms with van der Waals surface area (Å²) in [6.45, 7) is 1.86.